The molecule has 0 atom stereocenters. The standard InChI is InChI=1S/C18H28N2S2/c19-17-16(12-7-13-20-17)18(21-14-8-3-1-4-9-14)22-15-10-5-2-6-11-15/h7,12-15,18H,1-6,8-11H2,(H2,19,20). The van der Waals surface area contributed by atoms with E-state index in [9.17, 15) is 0 Å². The summed E-state index contributed by atoms with van der Waals surface area (Å²) in [6, 6.07) is 4.24. The Balaban J connectivity index is 1.70. The van der Waals surface area contributed by atoms with Crippen molar-refractivity contribution in [3.8, 4) is 0 Å². The van der Waals surface area contributed by atoms with Gasteiger partial charge in [-0.2, -0.15) is 0 Å². The summed E-state index contributed by atoms with van der Waals surface area (Å²) in [4.78, 5) is 4.34. The molecule has 1 aromatic heterocycles. The third kappa shape index (κ3) is 4.58. The van der Waals surface area contributed by atoms with Crippen LogP contribution in [-0.4, -0.2) is 15.5 Å². The zero-order chi connectivity index (χ0) is 15.2. The van der Waals surface area contributed by atoms with Crippen LogP contribution in [0.15, 0.2) is 18.3 Å². The van der Waals surface area contributed by atoms with Crippen molar-refractivity contribution in [2.24, 2.45) is 0 Å². The second-order valence-electron chi connectivity index (χ2n) is 6.60. The molecule has 3 rings (SSSR count). The summed E-state index contributed by atoms with van der Waals surface area (Å²) in [5.41, 5.74) is 7.45. The maximum absolute atomic E-state index is 6.19. The monoisotopic (exact) mass is 336 g/mol. The minimum Gasteiger partial charge on any atom is -0.383 e. The number of aromatic nitrogens is 1. The van der Waals surface area contributed by atoms with Crippen molar-refractivity contribution >= 4 is 29.3 Å². The van der Waals surface area contributed by atoms with Gasteiger partial charge in [0.2, 0.25) is 0 Å². The lowest BCUT2D eigenvalue weighted by molar-refractivity contribution is 0.513. The van der Waals surface area contributed by atoms with Gasteiger partial charge in [0.15, 0.2) is 0 Å². The highest BCUT2D eigenvalue weighted by Crippen LogP contribution is 2.50. The van der Waals surface area contributed by atoms with Crippen LogP contribution in [0.5, 0.6) is 0 Å². The minimum absolute atomic E-state index is 0.472. The molecule has 2 nitrogen and oxygen atoms in total. The van der Waals surface area contributed by atoms with Gasteiger partial charge >= 0.3 is 0 Å². The molecule has 1 aromatic rings. The second kappa shape index (κ2) is 8.49. The van der Waals surface area contributed by atoms with Crippen molar-refractivity contribution in [3.63, 3.8) is 0 Å². The van der Waals surface area contributed by atoms with Gasteiger partial charge in [-0.3, -0.25) is 0 Å². The fraction of sp³-hybridized carbons (Fsp3) is 0.722. The van der Waals surface area contributed by atoms with Crippen molar-refractivity contribution in [2.45, 2.75) is 79.3 Å². The zero-order valence-corrected chi connectivity index (χ0v) is 15.0. The van der Waals surface area contributed by atoms with E-state index >= 15 is 0 Å². The second-order valence-corrected chi connectivity index (χ2v) is 9.72. The molecule has 0 saturated heterocycles. The molecule has 2 saturated carbocycles. The lowest BCUT2D eigenvalue weighted by atomic mass is 10.0. The van der Waals surface area contributed by atoms with Crippen molar-refractivity contribution in [1.29, 1.82) is 0 Å². The van der Waals surface area contributed by atoms with Crippen LogP contribution in [0.2, 0.25) is 0 Å². The summed E-state index contributed by atoms with van der Waals surface area (Å²) >= 11 is 4.34. The average molecular weight is 337 g/mol. The molecule has 4 heteroatoms. The van der Waals surface area contributed by atoms with Crippen molar-refractivity contribution in [3.05, 3.63) is 23.9 Å². The first kappa shape index (κ1) is 16.5. The van der Waals surface area contributed by atoms with Crippen molar-refractivity contribution < 1.29 is 0 Å². The Morgan fingerprint density at radius 1 is 0.909 bits per heavy atom. The molecular weight excluding hydrogens is 308 g/mol. The van der Waals surface area contributed by atoms with Gasteiger partial charge in [-0.1, -0.05) is 44.6 Å². The van der Waals surface area contributed by atoms with Crippen LogP contribution >= 0.6 is 23.5 Å². The Labute approximate surface area is 143 Å². The summed E-state index contributed by atoms with van der Waals surface area (Å²) in [6.45, 7) is 0. The maximum Gasteiger partial charge on any atom is 0.128 e. The maximum atomic E-state index is 6.19. The van der Waals surface area contributed by atoms with Gasteiger partial charge in [-0.25, -0.2) is 4.98 Å². The largest absolute Gasteiger partial charge is 0.383 e. The van der Waals surface area contributed by atoms with E-state index in [1.54, 1.807) is 0 Å². The Hall–Kier alpha value is -0.350. The number of nitrogens with two attached hydrogens (primary N) is 1. The van der Waals surface area contributed by atoms with E-state index in [1.807, 2.05) is 12.3 Å². The quantitative estimate of drug-likeness (QED) is 0.690. The van der Waals surface area contributed by atoms with E-state index < -0.39 is 0 Å². The molecule has 0 amide bonds. The first-order valence-corrected chi connectivity index (χ1v) is 10.7. The topological polar surface area (TPSA) is 38.9 Å². The molecule has 0 spiro atoms. The van der Waals surface area contributed by atoms with Gasteiger partial charge in [0.25, 0.3) is 0 Å². The highest BCUT2D eigenvalue weighted by molar-refractivity contribution is 8.16. The highest BCUT2D eigenvalue weighted by atomic mass is 32.2. The smallest absolute Gasteiger partial charge is 0.128 e. The molecular formula is C18H28N2S2. The molecule has 0 aliphatic heterocycles. The van der Waals surface area contributed by atoms with E-state index in [0.29, 0.717) is 4.58 Å². The van der Waals surface area contributed by atoms with E-state index in [2.05, 4.69) is 34.6 Å². The van der Waals surface area contributed by atoms with Crippen LogP contribution in [0.4, 0.5) is 5.82 Å². The lowest BCUT2D eigenvalue weighted by Gasteiger charge is -2.30. The van der Waals surface area contributed by atoms with Crippen molar-refractivity contribution in [1.82, 2.24) is 4.98 Å². The zero-order valence-electron chi connectivity index (χ0n) is 13.4. The molecule has 0 unspecified atom stereocenters. The predicted molar refractivity (Wildman–Crippen MR) is 100 cm³/mol. The number of nitrogens with zero attached hydrogens (tertiary/aromatic N) is 1. The van der Waals surface area contributed by atoms with Crippen LogP contribution in [0.25, 0.3) is 0 Å². The molecule has 2 fully saturated rings. The highest BCUT2D eigenvalue weighted by Gasteiger charge is 2.26. The first-order valence-electron chi connectivity index (χ1n) is 8.84. The fourth-order valence-electron chi connectivity index (χ4n) is 3.56. The molecule has 122 valence electrons. The Morgan fingerprint density at radius 2 is 1.45 bits per heavy atom. The molecule has 2 N–H and O–H groups in total. The summed E-state index contributed by atoms with van der Waals surface area (Å²) in [6.07, 6.45) is 15.8. The fourth-order valence-corrected chi connectivity index (χ4v) is 7.36. The minimum atomic E-state index is 0.472. The number of nitrogen functional groups attached to an aromatic ring is 1. The Bertz CT molecular complexity index is 434. The average Bonchev–Trinajstić information content (AvgIpc) is 2.57. The van der Waals surface area contributed by atoms with Gasteiger partial charge in [-0.15, -0.1) is 23.5 Å². The summed E-state index contributed by atoms with van der Waals surface area (Å²) in [7, 11) is 0. The van der Waals surface area contributed by atoms with Gasteiger partial charge < -0.3 is 5.73 Å². The van der Waals surface area contributed by atoms with Crippen LogP contribution in [0.3, 0.4) is 0 Å². The molecule has 2 aliphatic carbocycles. The Morgan fingerprint density at radius 3 is 1.95 bits per heavy atom. The number of anilines is 1. The first-order chi connectivity index (χ1) is 10.8. The number of rotatable bonds is 5. The van der Waals surface area contributed by atoms with Gasteiger partial charge in [0.05, 0.1) is 4.58 Å². The predicted octanol–water partition coefficient (Wildman–Crippen LogP) is 5.79. The van der Waals surface area contributed by atoms with E-state index in [0.717, 1.165) is 16.3 Å². The normalized spacial score (nSPS) is 21.3. The SMILES string of the molecule is Nc1ncccc1C(SC1CCCCC1)SC1CCCCC1. The van der Waals surface area contributed by atoms with Gasteiger partial charge in [0, 0.05) is 22.3 Å². The van der Waals surface area contributed by atoms with Crippen molar-refractivity contribution in [2.75, 3.05) is 5.73 Å². The molecule has 22 heavy (non-hydrogen) atoms. The van der Waals surface area contributed by atoms with E-state index in [4.69, 9.17) is 5.73 Å². The van der Waals surface area contributed by atoms with Crippen LogP contribution < -0.4 is 5.73 Å². The third-order valence-corrected chi connectivity index (χ3v) is 8.24. The van der Waals surface area contributed by atoms with Crippen LogP contribution in [-0.2, 0) is 0 Å². The number of hydrogen-bond acceptors (Lipinski definition) is 4. The Kier molecular flexibility index (Phi) is 6.37. The van der Waals surface area contributed by atoms with E-state index in [1.165, 1.54) is 69.8 Å². The summed E-state index contributed by atoms with van der Waals surface area (Å²) in [5.74, 6) is 0.735. The molecule has 0 radical (unpaired) electrons. The molecule has 0 aromatic carbocycles. The molecule has 0 bridgehead atoms. The number of pyridine rings is 1. The third-order valence-electron chi connectivity index (χ3n) is 4.86. The number of thioether (sulfide) groups is 2. The van der Waals surface area contributed by atoms with E-state index in [-0.39, 0.29) is 0 Å². The van der Waals surface area contributed by atoms with Gasteiger partial charge in [-0.05, 0) is 31.7 Å². The van der Waals surface area contributed by atoms with Gasteiger partial charge in [0.1, 0.15) is 5.82 Å². The van der Waals surface area contributed by atoms with Crippen LogP contribution in [0, 0.1) is 0 Å². The van der Waals surface area contributed by atoms with Crippen LogP contribution in [0.1, 0.15) is 74.4 Å². The summed E-state index contributed by atoms with van der Waals surface area (Å²) < 4.78 is 0.472. The number of hydrogen-bond donors (Lipinski definition) is 1. The lowest BCUT2D eigenvalue weighted by Crippen LogP contribution is -2.14. The molecule has 2 aliphatic rings. The summed E-state index contributed by atoms with van der Waals surface area (Å²) in [5, 5.41) is 1.63. The molecule has 1 heterocycles.